The Morgan fingerprint density at radius 2 is 2.07 bits per heavy atom. The van der Waals surface area contributed by atoms with E-state index < -0.39 is 23.3 Å². The second-order valence-electron chi connectivity index (χ2n) is 6.83. The fourth-order valence-corrected chi connectivity index (χ4v) is 4.13. The highest BCUT2D eigenvalue weighted by Crippen LogP contribution is 2.55. The quantitative estimate of drug-likeness (QED) is 0.699. The maximum atomic E-state index is 14.0. The lowest BCUT2D eigenvalue weighted by atomic mass is 9.68. The minimum Gasteiger partial charge on any atom is -0.468 e. The molecule has 156 valence electrons. The lowest BCUT2D eigenvalue weighted by molar-refractivity contribution is -0.141. The van der Waals surface area contributed by atoms with Gasteiger partial charge in [0.15, 0.2) is 0 Å². The molecular formula is C20H20N4O6. The number of para-hydroxylation sites is 1. The van der Waals surface area contributed by atoms with E-state index in [1.807, 2.05) is 0 Å². The van der Waals surface area contributed by atoms with Crippen molar-refractivity contribution in [3.8, 4) is 5.88 Å². The number of anilines is 1. The van der Waals surface area contributed by atoms with Gasteiger partial charge in [0.25, 0.3) is 0 Å². The summed E-state index contributed by atoms with van der Waals surface area (Å²) in [6.45, 7) is 3.09. The highest BCUT2D eigenvalue weighted by molar-refractivity contribution is 6.19. The van der Waals surface area contributed by atoms with Gasteiger partial charge in [0.1, 0.15) is 17.5 Å². The molecule has 0 radical (unpaired) electrons. The number of carbonyl (C=O) groups excluding carboxylic acids is 3. The number of H-pyrrole nitrogens is 1. The number of aromatic amines is 1. The molecule has 3 heterocycles. The van der Waals surface area contributed by atoms with Gasteiger partial charge in [0.05, 0.1) is 19.3 Å². The number of nitrogens with two attached hydrogens (primary N) is 1. The molecule has 1 aromatic carbocycles. The highest BCUT2D eigenvalue weighted by Gasteiger charge is 2.62. The monoisotopic (exact) mass is 412 g/mol. The van der Waals surface area contributed by atoms with E-state index >= 15 is 0 Å². The number of hydrogen-bond acceptors (Lipinski definition) is 8. The molecule has 1 spiro atoms. The van der Waals surface area contributed by atoms with Gasteiger partial charge in [0.2, 0.25) is 17.7 Å². The predicted octanol–water partition coefficient (Wildman–Crippen LogP) is 0.650. The zero-order valence-electron chi connectivity index (χ0n) is 16.6. The van der Waals surface area contributed by atoms with E-state index in [-0.39, 0.29) is 30.5 Å². The van der Waals surface area contributed by atoms with E-state index in [0.717, 1.165) is 0 Å². The second kappa shape index (κ2) is 6.90. The van der Waals surface area contributed by atoms with Crippen molar-refractivity contribution < 1.29 is 28.6 Å². The molecule has 4 rings (SSSR count). The van der Waals surface area contributed by atoms with Gasteiger partial charge in [-0.25, -0.2) is 4.79 Å². The predicted molar refractivity (Wildman–Crippen MR) is 103 cm³/mol. The number of fused-ring (bicyclic) bond motifs is 4. The van der Waals surface area contributed by atoms with Crippen LogP contribution in [0.1, 0.15) is 23.7 Å². The zero-order chi connectivity index (χ0) is 21.6. The van der Waals surface area contributed by atoms with Crippen LogP contribution in [0.5, 0.6) is 5.88 Å². The number of nitrogens with one attached hydrogen (secondary N) is 1. The van der Waals surface area contributed by atoms with Gasteiger partial charge in [-0.15, -0.1) is 5.10 Å². The lowest BCUT2D eigenvalue weighted by Gasteiger charge is -2.34. The second-order valence-corrected chi connectivity index (χ2v) is 6.83. The molecule has 10 nitrogen and oxygen atoms in total. The van der Waals surface area contributed by atoms with Crippen LogP contribution in [0.2, 0.25) is 0 Å². The highest BCUT2D eigenvalue weighted by atomic mass is 16.5. The number of benzene rings is 1. The number of methoxy groups -OCH3 is 1. The van der Waals surface area contributed by atoms with Crippen LogP contribution in [0.25, 0.3) is 0 Å². The molecule has 30 heavy (non-hydrogen) atoms. The van der Waals surface area contributed by atoms with Crippen LogP contribution in [-0.2, 0) is 29.3 Å². The summed E-state index contributed by atoms with van der Waals surface area (Å²) >= 11 is 0. The molecule has 3 N–H and O–H groups in total. The average molecular weight is 412 g/mol. The maximum Gasteiger partial charge on any atom is 0.341 e. The topological polar surface area (TPSA) is 137 Å². The Bertz CT molecular complexity index is 1100. The number of aryl methyl sites for hydroxylation is 1. The minimum absolute atomic E-state index is 0.0740. The number of ether oxygens (including phenoxy) is 3. The first-order valence-electron chi connectivity index (χ1n) is 9.26. The Kier molecular flexibility index (Phi) is 4.49. The summed E-state index contributed by atoms with van der Waals surface area (Å²) in [4.78, 5) is 40.3. The van der Waals surface area contributed by atoms with Gasteiger partial charge in [-0.05, 0) is 19.9 Å². The molecule has 2 aliphatic heterocycles. The van der Waals surface area contributed by atoms with Crippen LogP contribution in [0.15, 0.2) is 35.7 Å². The Balaban J connectivity index is 2.06. The summed E-state index contributed by atoms with van der Waals surface area (Å²) in [5, 5.41) is 6.89. The smallest absolute Gasteiger partial charge is 0.341 e. The minimum atomic E-state index is -1.67. The molecule has 0 fully saturated rings. The average Bonchev–Trinajstić information content (AvgIpc) is 3.20. The van der Waals surface area contributed by atoms with Gasteiger partial charge in [-0.3, -0.25) is 19.6 Å². The summed E-state index contributed by atoms with van der Waals surface area (Å²) < 4.78 is 15.6. The van der Waals surface area contributed by atoms with Crippen LogP contribution in [0.4, 0.5) is 5.69 Å². The number of hydrogen-bond donors (Lipinski definition) is 2. The van der Waals surface area contributed by atoms with Gasteiger partial charge in [0, 0.05) is 16.9 Å². The number of esters is 2. The Morgan fingerprint density at radius 1 is 1.33 bits per heavy atom. The van der Waals surface area contributed by atoms with Crippen molar-refractivity contribution >= 4 is 23.5 Å². The summed E-state index contributed by atoms with van der Waals surface area (Å²) in [5.41, 5.74) is 6.09. The molecule has 0 saturated heterocycles. The fraction of sp³-hybridized carbons (Fsp3) is 0.300. The molecule has 1 unspecified atom stereocenters. The molecular weight excluding hydrogens is 392 g/mol. The third-order valence-corrected chi connectivity index (χ3v) is 5.28. The summed E-state index contributed by atoms with van der Waals surface area (Å²) in [7, 11) is 1.24. The van der Waals surface area contributed by atoms with E-state index in [1.54, 1.807) is 38.1 Å². The summed E-state index contributed by atoms with van der Waals surface area (Å²) in [6, 6.07) is 6.86. The van der Waals surface area contributed by atoms with E-state index in [9.17, 15) is 14.4 Å². The standard InChI is InChI=1S/C20H20N4O6/c1-4-29-18(26)15-16(21)30-17-14(10(2)22-23-17)20(15)11-7-5-6-8-12(11)24(19(20)27)9-13(25)28-3/h5-8H,4,9,21H2,1-3H3,(H,22,23). The Hall–Kier alpha value is -3.82. The Morgan fingerprint density at radius 3 is 2.77 bits per heavy atom. The molecule has 0 aliphatic carbocycles. The van der Waals surface area contributed by atoms with Crippen LogP contribution in [0, 0.1) is 6.92 Å². The number of rotatable bonds is 4. The first-order chi connectivity index (χ1) is 14.4. The van der Waals surface area contributed by atoms with E-state index in [2.05, 4.69) is 10.2 Å². The number of carbonyl (C=O) groups is 3. The molecule has 2 aromatic rings. The SMILES string of the molecule is CCOC(=O)C1=C(N)Oc2n[nH]c(C)c2C12C(=O)N(CC(=O)OC)c1ccccc12. The third kappa shape index (κ3) is 2.43. The molecule has 0 saturated carbocycles. The number of aromatic nitrogens is 2. The van der Waals surface area contributed by atoms with Crippen LogP contribution in [-0.4, -0.2) is 48.3 Å². The van der Waals surface area contributed by atoms with Crippen molar-refractivity contribution in [2.75, 3.05) is 25.2 Å². The van der Waals surface area contributed by atoms with Gasteiger partial charge >= 0.3 is 11.9 Å². The largest absolute Gasteiger partial charge is 0.468 e. The van der Waals surface area contributed by atoms with Crippen molar-refractivity contribution in [3.05, 3.63) is 52.5 Å². The maximum absolute atomic E-state index is 14.0. The number of amides is 1. The van der Waals surface area contributed by atoms with E-state index in [4.69, 9.17) is 19.9 Å². The Labute approximate surface area is 171 Å². The first-order valence-corrected chi connectivity index (χ1v) is 9.26. The molecule has 1 atom stereocenters. The first kappa shape index (κ1) is 19.5. The van der Waals surface area contributed by atoms with Gasteiger partial charge in [-0.2, -0.15) is 0 Å². The fourth-order valence-electron chi connectivity index (χ4n) is 4.13. The van der Waals surface area contributed by atoms with E-state index in [0.29, 0.717) is 22.5 Å². The van der Waals surface area contributed by atoms with Crippen LogP contribution >= 0.6 is 0 Å². The molecule has 2 aliphatic rings. The van der Waals surface area contributed by atoms with Crippen molar-refractivity contribution in [3.63, 3.8) is 0 Å². The molecule has 0 bridgehead atoms. The van der Waals surface area contributed by atoms with Crippen molar-refractivity contribution in [2.24, 2.45) is 5.73 Å². The van der Waals surface area contributed by atoms with Crippen molar-refractivity contribution in [1.82, 2.24) is 10.2 Å². The lowest BCUT2D eigenvalue weighted by Crippen LogP contribution is -2.49. The molecule has 1 amide bonds. The van der Waals surface area contributed by atoms with Crippen LogP contribution in [0.3, 0.4) is 0 Å². The van der Waals surface area contributed by atoms with Crippen molar-refractivity contribution in [1.29, 1.82) is 0 Å². The normalized spacial score (nSPS) is 19.4. The summed E-state index contributed by atoms with van der Waals surface area (Å²) in [6.07, 6.45) is 0. The van der Waals surface area contributed by atoms with Gasteiger partial charge in [-0.1, -0.05) is 18.2 Å². The zero-order valence-corrected chi connectivity index (χ0v) is 16.6. The molecule has 10 heteroatoms. The number of nitrogens with zero attached hydrogens (tertiary/aromatic N) is 2. The van der Waals surface area contributed by atoms with E-state index in [1.165, 1.54) is 12.0 Å². The van der Waals surface area contributed by atoms with Crippen molar-refractivity contribution in [2.45, 2.75) is 19.3 Å². The van der Waals surface area contributed by atoms with Gasteiger partial charge < -0.3 is 19.9 Å². The van der Waals surface area contributed by atoms with Crippen LogP contribution < -0.4 is 15.4 Å². The third-order valence-electron chi connectivity index (χ3n) is 5.28. The molecule has 1 aromatic heterocycles. The summed E-state index contributed by atoms with van der Waals surface area (Å²) in [5.74, 6) is -2.14.